The largest absolute Gasteiger partial charge is 0.362 e. The molecule has 1 heteroatoms. The quantitative estimate of drug-likeness (QED) is 0.495. The second-order valence-electron chi connectivity index (χ2n) is 3.41. The first-order valence-electron chi connectivity index (χ1n) is 5.00. The first kappa shape index (κ1) is 12.8. The molecule has 0 spiro atoms. The van der Waals surface area contributed by atoms with E-state index < -0.39 is 0 Å². The number of hydrogen-bond donors (Lipinski definition) is 1. The highest BCUT2D eigenvalue weighted by Gasteiger charge is 1.96. The smallest absolute Gasteiger partial charge is 0.0365 e. The molecule has 0 atom stereocenters. The lowest BCUT2D eigenvalue weighted by Gasteiger charge is -2.07. The number of rotatable bonds is 6. The highest BCUT2D eigenvalue weighted by Crippen LogP contribution is 2.12. The van der Waals surface area contributed by atoms with Crippen LogP contribution < -0.4 is 5.32 Å². The maximum atomic E-state index is 3.75. The van der Waals surface area contributed by atoms with Gasteiger partial charge in [-0.3, -0.25) is 0 Å². The Bertz CT molecular complexity index is 252. The minimum absolute atomic E-state index is 0.950. The van der Waals surface area contributed by atoms with Gasteiger partial charge in [-0.15, -0.1) is 6.58 Å². The van der Waals surface area contributed by atoms with Crippen molar-refractivity contribution in [2.45, 2.75) is 33.6 Å². The highest BCUT2D eigenvalue weighted by molar-refractivity contribution is 5.27. The van der Waals surface area contributed by atoms with Gasteiger partial charge < -0.3 is 5.32 Å². The molecule has 0 bridgehead atoms. The third-order valence-corrected chi connectivity index (χ3v) is 2.01. The van der Waals surface area contributed by atoms with Gasteiger partial charge in [-0.25, -0.2) is 0 Å². The van der Waals surface area contributed by atoms with Gasteiger partial charge in [0.1, 0.15) is 0 Å². The Morgan fingerprint density at radius 1 is 1.29 bits per heavy atom. The molecular formula is C13H21N. The molecule has 0 amide bonds. The van der Waals surface area contributed by atoms with Crippen LogP contribution in [0.4, 0.5) is 0 Å². The molecule has 0 rings (SSSR count). The molecule has 1 nitrogen and oxygen atoms in total. The van der Waals surface area contributed by atoms with Crippen molar-refractivity contribution in [1.29, 1.82) is 0 Å². The van der Waals surface area contributed by atoms with Gasteiger partial charge in [0.05, 0.1) is 0 Å². The molecule has 0 saturated heterocycles. The standard InChI is InChI=1S/C13H21N/c1-6-9-12(7-2)10-13(11(4)5)14-8-3/h6,8,10,14H,1,3,7,9H2,2,4-5H3/b12-10-. The van der Waals surface area contributed by atoms with Crippen molar-refractivity contribution in [2.75, 3.05) is 0 Å². The summed E-state index contributed by atoms with van der Waals surface area (Å²) in [7, 11) is 0. The molecule has 0 aromatic carbocycles. The Hall–Kier alpha value is -1.24. The summed E-state index contributed by atoms with van der Waals surface area (Å²) in [4.78, 5) is 0. The topological polar surface area (TPSA) is 12.0 Å². The van der Waals surface area contributed by atoms with E-state index in [1.54, 1.807) is 6.20 Å². The molecule has 0 aromatic rings. The van der Waals surface area contributed by atoms with Crippen molar-refractivity contribution in [3.63, 3.8) is 0 Å². The van der Waals surface area contributed by atoms with Crippen LogP contribution in [0.15, 0.2) is 48.4 Å². The third kappa shape index (κ3) is 4.70. The van der Waals surface area contributed by atoms with Crippen LogP contribution in [0, 0.1) is 0 Å². The van der Waals surface area contributed by atoms with E-state index in [9.17, 15) is 0 Å². The van der Waals surface area contributed by atoms with Crippen LogP contribution in [0.3, 0.4) is 0 Å². The Morgan fingerprint density at radius 3 is 2.29 bits per heavy atom. The van der Waals surface area contributed by atoms with Crippen molar-refractivity contribution in [2.24, 2.45) is 0 Å². The normalized spacial score (nSPS) is 10.6. The first-order chi connectivity index (χ1) is 6.65. The maximum Gasteiger partial charge on any atom is 0.0365 e. The van der Waals surface area contributed by atoms with Crippen molar-refractivity contribution < 1.29 is 0 Å². The second kappa shape index (κ2) is 7.19. The fourth-order valence-electron chi connectivity index (χ4n) is 1.14. The van der Waals surface area contributed by atoms with Gasteiger partial charge in [-0.05, 0) is 39.0 Å². The van der Waals surface area contributed by atoms with Crippen LogP contribution in [0.2, 0.25) is 0 Å². The predicted molar refractivity (Wildman–Crippen MR) is 64.9 cm³/mol. The summed E-state index contributed by atoms with van der Waals surface area (Å²) in [6.07, 6.45) is 7.83. The van der Waals surface area contributed by atoms with E-state index in [4.69, 9.17) is 0 Å². The summed E-state index contributed by atoms with van der Waals surface area (Å²) in [6.45, 7) is 13.7. The molecule has 0 saturated carbocycles. The average molecular weight is 191 g/mol. The van der Waals surface area contributed by atoms with Gasteiger partial charge >= 0.3 is 0 Å². The number of hydrogen-bond acceptors (Lipinski definition) is 1. The van der Waals surface area contributed by atoms with Crippen LogP contribution >= 0.6 is 0 Å². The Balaban J connectivity index is 4.76. The van der Waals surface area contributed by atoms with Crippen LogP contribution in [0.1, 0.15) is 33.6 Å². The Morgan fingerprint density at radius 2 is 1.93 bits per heavy atom. The predicted octanol–water partition coefficient (Wildman–Crippen LogP) is 3.93. The lowest BCUT2D eigenvalue weighted by molar-refractivity contribution is 0.994. The molecule has 0 aromatic heterocycles. The van der Waals surface area contributed by atoms with E-state index in [0.717, 1.165) is 18.5 Å². The molecule has 0 aliphatic heterocycles. The molecule has 0 aliphatic rings. The number of nitrogens with one attached hydrogen (secondary N) is 1. The summed E-state index contributed by atoms with van der Waals surface area (Å²) in [5.41, 5.74) is 3.78. The molecule has 0 heterocycles. The van der Waals surface area contributed by atoms with Crippen LogP contribution in [0.25, 0.3) is 0 Å². The summed E-state index contributed by atoms with van der Waals surface area (Å²) in [6, 6.07) is 0. The minimum Gasteiger partial charge on any atom is -0.362 e. The average Bonchev–Trinajstić information content (AvgIpc) is 2.15. The van der Waals surface area contributed by atoms with Gasteiger partial charge in [0, 0.05) is 5.70 Å². The second-order valence-corrected chi connectivity index (χ2v) is 3.41. The van der Waals surface area contributed by atoms with Gasteiger partial charge in [0.15, 0.2) is 0 Å². The molecule has 0 unspecified atom stereocenters. The molecule has 0 fully saturated rings. The lowest BCUT2D eigenvalue weighted by Crippen LogP contribution is -2.04. The third-order valence-electron chi connectivity index (χ3n) is 2.01. The maximum absolute atomic E-state index is 3.75. The van der Waals surface area contributed by atoms with E-state index in [2.05, 4.69) is 45.3 Å². The van der Waals surface area contributed by atoms with E-state index in [-0.39, 0.29) is 0 Å². The van der Waals surface area contributed by atoms with Crippen molar-refractivity contribution >= 4 is 0 Å². The molecule has 14 heavy (non-hydrogen) atoms. The zero-order chi connectivity index (χ0) is 11.0. The van der Waals surface area contributed by atoms with Gasteiger partial charge in [0.25, 0.3) is 0 Å². The Labute approximate surface area is 87.9 Å². The van der Waals surface area contributed by atoms with Crippen LogP contribution in [-0.4, -0.2) is 0 Å². The Kier molecular flexibility index (Phi) is 6.55. The van der Waals surface area contributed by atoms with E-state index in [1.807, 2.05) is 6.08 Å². The first-order valence-corrected chi connectivity index (χ1v) is 5.00. The van der Waals surface area contributed by atoms with Crippen molar-refractivity contribution in [1.82, 2.24) is 5.32 Å². The van der Waals surface area contributed by atoms with Crippen molar-refractivity contribution in [3.8, 4) is 0 Å². The monoisotopic (exact) mass is 191 g/mol. The highest BCUT2D eigenvalue weighted by atomic mass is 14.8. The van der Waals surface area contributed by atoms with Gasteiger partial charge in [-0.1, -0.05) is 30.7 Å². The molecule has 0 radical (unpaired) electrons. The van der Waals surface area contributed by atoms with E-state index in [0.29, 0.717) is 0 Å². The van der Waals surface area contributed by atoms with E-state index in [1.165, 1.54) is 11.1 Å². The summed E-state index contributed by atoms with van der Waals surface area (Å²) in [5.74, 6) is 0. The summed E-state index contributed by atoms with van der Waals surface area (Å²) >= 11 is 0. The fourth-order valence-corrected chi connectivity index (χ4v) is 1.14. The molecule has 0 aliphatic carbocycles. The minimum atomic E-state index is 0.950. The van der Waals surface area contributed by atoms with Crippen molar-refractivity contribution in [3.05, 3.63) is 48.4 Å². The summed E-state index contributed by atoms with van der Waals surface area (Å²) < 4.78 is 0. The zero-order valence-corrected chi connectivity index (χ0v) is 9.56. The van der Waals surface area contributed by atoms with Crippen LogP contribution in [-0.2, 0) is 0 Å². The summed E-state index contributed by atoms with van der Waals surface area (Å²) in [5, 5.41) is 3.14. The fraction of sp³-hybridized carbons (Fsp3) is 0.385. The van der Waals surface area contributed by atoms with Gasteiger partial charge in [0.2, 0.25) is 0 Å². The van der Waals surface area contributed by atoms with E-state index >= 15 is 0 Å². The van der Waals surface area contributed by atoms with Crippen LogP contribution in [0.5, 0.6) is 0 Å². The molecule has 78 valence electrons. The lowest BCUT2D eigenvalue weighted by atomic mass is 10.1. The van der Waals surface area contributed by atoms with Gasteiger partial charge in [-0.2, -0.15) is 0 Å². The zero-order valence-electron chi connectivity index (χ0n) is 9.56. The molecular weight excluding hydrogens is 170 g/mol. The number of allylic oxidation sites excluding steroid dienone is 4. The molecule has 1 N–H and O–H groups in total. The SMILES string of the molecule is C=CC/C(=C\C(NC=C)=C(C)C)CC.